The van der Waals surface area contributed by atoms with Crippen molar-refractivity contribution in [1.29, 1.82) is 0 Å². The molecule has 0 aromatic rings. The third-order valence-electron chi connectivity index (χ3n) is 0.795. The van der Waals surface area contributed by atoms with Crippen molar-refractivity contribution < 1.29 is 17.6 Å². The van der Waals surface area contributed by atoms with Gasteiger partial charge in [0.05, 0.1) is 0 Å². The molecule has 50 valence electrons. The highest BCUT2D eigenvalue weighted by Crippen LogP contribution is 2.07. The Labute approximate surface area is 46.1 Å². The Morgan fingerprint density at radius 2 is 1.25 bits per heavy atom. The summed E-state index contributed by atoms with van der Waals surface area (Å²) in [5.74, 6) is 0. The minimum absolute atomic E-state index is 0.954. The van der Waals surface area contributed by atoms with Gasteiger partial charge in [-0.2, -0.15) is 0 Å². The van der Waals surface area contributed by atoms with Crippen molar-refractivity contribution in [3.63, 3.8) is 0 Å². The summed E-state index contributed by atoms with van der Waals surface area (Å²) in [7, 11) is -3.02. The molecule has 0 radical (unpaired) electrons. The fourth-order valence-corrected chi connectivity index (χ4v) is 0.330. The minimum atomic E-state index is -3.02. The minimum Gasteiger partial charge on any atom is -0.216 e. The van der Waals surface area contributed by atoms with E-state index < -0.39 is 20.9 Å². The number of halogens is 4. The zero-order valence-corrected chi connectivity index (χ0v) is 5.40. The highest BCUT2D eigenvalue weighted by atomic mass is 28.3. The van der Waals surface area contributed by atoms with Crippen LogP contribution < -0.4 is 0 Å². The van der Waals surface area contributed by atoms with Gasteiger partial charge in [-0.1, -0.05) is 6.55 Å². The molecular weight excluding hydrogens is 140 g/mol. The maximum absolute atomic E-state index is 11.3. The van der Waals surface area contributed by atoms with E-state index in [0.29, 0.717) is 0 Å². The van der Waals surface area contributed by atoms with E-state index in [1.807, 2.05) is 0 Å². The van der Waals surface area contributed by atoms with Crippen molar-refractivity contribution in [1.82, 2.24) is 0 Å². The van der Waals surface area contributed by atoms with E-state index in [4.69, 9.17) is 0 Å². The molecule has 0 fully saturated rings. The lowest BCUT2D eigenvalue weighted by Crippen LogP contribution is -2.28. The molecule has 0 aromatic heterocycles. The molecule has 0 saturated heterocycles. The van der Waals surface area contributed by atoms with E-state index in [1.165, 1.54) is 0 Å². The number of hydrogen-bond acceptors (Lipinski definition) is 0. The van der Waals surface area contributed by atoms with E-state index >= 15 is 0 Å². The lowest BCUT2D eigenvalue weighted by atomic mass is 11.6. The molecule has 0 bridgehead atoms. The first-order valence-corrected chi connectivity index (χ1v) is 4.60. The van der Waals surface area contributed by atoms with Crippen LogP contribution in [-0.2, 0) is 0 Å². The second-order valence-electron chi connectivity index (χ2n) is 1.53. The second-order valence-corrected chi connectivity index (χ2v) is 4.25. The van der Waals surface area contributed by atoms with Crippen LogP contribution in [0.25, 0.3) is 0 Å². The molecule has 0 amide bonds. The van der Waals surface area contributed by atoms with E-state index in [1.54, 1.807) is 0 Å². The van der Waals surface area contributed by atoms with Crippen LogP contribution in [0.3, 0.4) is 0 Å². The molecule has 0 nitrogen and oxygen atoms in total. The molecule has 0 rings (SSSR count). The Morgan fingerprint density at radius 1 is 1.00 bits per heavy atom. The maximum Gasteiger partial charge on any atom is 0.224 e. The third-order valence-corrected chi connectivity index (χ3v) is 2.38. The Morgan fingerprint density at radius 3 is 1.25 bits per heavy atom. The van der Waals surface area contributed by atoms with E-state index in [-0.39, 0.29) is 0 Å². The number of hydrogen-bond donors (Lipinski definition) is 0. The van der Waals surface area contributed by atoms with Crippen LogP contribution in [0, 0.1) is 0 Å². The van der Waals surface area contributed by atoms with Gasteiger partial charge in [0, 0.05) is 0 Å². The Balaban J connectivity index is 3.46. The standard InChI is InChI=1S/C3H6F4Si/c1-8(2(4)5)3(6)7/h2-3,8H,1H3. The summed E-state index contributed by atoms with van der Waals surface area (Å²) in [5.41, 5.74) is 0. The molecule has 0 heterocycles. The van der Waals surface area contributed by atoms with Crippen LogP contribution in [-0.4, -0.2) is 20.9 Å². The Kier molecular flexibility index (Phi) is 3.04. The molecule has 0 saturated carbocycles. The Hall–Kier alpha value is -0.0631. The van der Waals surface area contributed by atoms with Gasteiger partial charge >= 0.3 is 0 Å². The maximum atomic E-state index is 11.3. The van der Waals surface area contributed by atoms with Crippen LogP contribution in [0.5, 0.6) is 0 Å². The Bertz CT molecular complexity index is 56.3. The molecule has 0 aliphatic rings. The number of rotatable bonds is 2. The lowest BCUT2D eigenvalue weighted by molar-refractivity contribution is 0.184. The zero-order valence-electron chi connectivity index (χ0n) is 4.24. The quantitative estimate of drug-likeness (QED) is 0.408. The van der Waals surface area contributed by atoms with E-state index in [2.05, 4.69) is 0 Å². The highest BCUT2D eigenvalue weighted by molar-refractivity contribution is 6.59. The molecule has 0 unspecified atom stereocenters. The van der Waals surface area contributed by atoms with Crippen molar-refractivity contribution in [3.05, 3.63) is 0 Å². The van der Waals surface area contributed by atoms with Crippen molar-refractivity contribution in [2.24, 2.45) is 0 Å². The lowest BCUT2D eigenvalue weighted by Gasteiger charge is -2.03. The monoisotopic (exact) mass is 146 g/mol. The molecule has 0 N–H and O–H groups in total. The summed E-state index contributed by atoms with van der Waals surface area (Å²) >= 11 is 0. The van der Waals surface area contributed by atoms with Crippen molar-refractivity contribution in [3.8, 4) is 0 Å². The van der Waals surface area contributed by atoms with E-state index in [9.17, 15) is 17.6 Å². The first kappa shape index (κ1) is 7.94. The fourth-order valence-electron chi connectivity index (χ4n) is 0.110. The van der Waals surface area contributed by atoms with Gasteiger partial charge < -0.3 is 0 Å². The predicted molar refractivity (Wildman–Crippen MR) is 25.0 cm³/mol. The average molecular weight is 146 g/mol. The van der Waals surface area contributed by atoms with Gasteiger partial charge in [-0.25, -0.2) is 17.6 Å². The second kappa shape index (κ2) is 3.06. The van der Waals surface area contributed by atoms with Gasteiger partial charge in [0.25, 0.3) is 0 Å². The first-order valence-electron chi connectivity index (χ1n) is 2.12. The van der Waals surface area contributed by atoms with Crippen LogP contribution >= 0.6 is 0 Å². The van der Waals surface area contributed by atoms with Crippen LogP contribution in [0.1, 0.15) is 0 Å². The van der Waals surface area contributed by atoms with Crippen LogP contribution in [0.15, 0.2) is 0 Å². The zero-order chi connectivity index (χ0) is 6.73. The third kappa shape index (κ3) is 2.30. The summed E-state index contributed by atoms with van der Waals surface area (Å²) in [5, 5.41) is 0. The summed E-state index contributed by atoms with van der Waals surface area (Å²) in [6.45, 7) is 0.954. The SMILES string of the molecule is C[SiH](C(F)F)C(F)F. The normalized spacial score (nSPS) is 12.0. The summed E-state index contributed by atoms with van der Waals surface area (Å²) < 4.78 is 45.0. The largest absolute Gasteiger partial charge is 0.224 e. The molecular formula is C3H6F4Si. The van der Waals surface area contributed by atoms with Crippen LogP contribution in [0.4, 0.5) is 17.6 Å². The van der Waals surface area contributed by atoms with Gasteiger partial charge in [0.2, 0.25) is 12.1 Å². The van der Waals surface area contributed by atoms with Crippen LogP contribution in [0.2, 0.25) is 6.55 Å². The molecule has 8 heavy (non-hydrogen) atoms. The van der Waals surface area contributed by atoms with Gasteiger partial charge in [-0.15, -0.1) is 0 Å². The summed E-state index contributed by atoms with van der Waals surface area (Å²) in [6.07, 6.45) is 0. The van der Waals surface area contributed by atoms with Crippen molar-refractivity contribution in [2.75, 3.05) is 0 Å². The smallest absolute Gasteiger partial charge is 0.216 e. The first-order chi connectivity index (χ1) is 3.55. The molecule has 5 heteroatoms. The highest BCUT2D eigenvalue weighted by Gasteiger charge is 2.26. The molecule has 0 atom stereocenters. The van der Waals surface area contributed by atoms with Gasteiger partial charge in [0.1, 0.15) is 0 Å². The fraction of sp³-hybridized carbons (Fsp3) is 1.00. The van der Waals surface area contributed by atoms with Crippen molar-refractivity contribution in [2.45, 2.75) is 18.6 Å². The molecule has 0 spiro atoms. The summed E-state index contributed by atoms with van der Waals surface area (Å²) in [4.78, 5) is 0. The molecule has 0 aliphatic heterocycles. The molecule has 0 aliphatic carbocycles. The van der Waals surface area contributed by atoms with Gasteiger partial charge in [-0.3, -0.25) is 0 Å². The van der Waals surface area contributed by atoms with Crippen molar-refractivity contribution >= 4 is 8.80 Å². The topological polar surface area (TPSA) is 0 Å². The van der Waals surface area contributed by atoms with E-state index in [0.717, 1.165) is 6.55 Å². The number of alkyl halides is 4. The average Bonchev–Trinajstić information content (AvgIpc) is 1.64. The molecule has 0 aromatic carbocycles. The van der Waals surface area contributed by atoms with Gasteiger partial charge in [-0.05, 0) is 0 Å². The summed E-state index contributed by atoms with van der Waals surface area (Å²) in [6, 6.07) is -5.54. The predicted octanol–water partition coefficient (Wildman–Crippen LogP) is 1.45. The van der Waals surface area contributed by atoms with Gasteiger partial charge in [0.15, 0.2) is 8.80 Å².